The van der Waals surface area contributed by atoms with Crippen LogP contribution in [0.1, 0.15) is 41.6 Å². The molecular formula is C15H18N2O3. The highest BCUT2D eigenvalue weighted by Gasteiger charge is 2.15. The first-order valence-corrected chi connectivity index (χ1v) is 6.79. The van der Waals surface area contributed by atoms with Gasteiger partial charge in [-0.25, -0.2) is 0 Å². The molecule has 1 amide bonds. The normalized spacial score (nSPS) is 14.6. The largest absolute Gasteiger partial charge is 0.348 e. The Morgan fingerprint density at radius 1 is 1.40 bits per heavy atom. The molecule has 0 unspecified atom stereocenters. The lowest BCUT2D eigenvalue weighted by Crippen LogP contribution is -2.26. The van der Waals surface area contributed by atoms with E-state index in [0.29, 0.717) is 17.7 Å². The minimum Gasteiger partial charge on any atom is -0.348 e. The Kier molecular flexibility index (Phi) is 4.50. The number of benzene rings is 1. The Bertz CT molecular complexity index is 564. The summed E-state index contributed by atoms with van der Waals surface area (Å²) in [5, 5.41) is 13.7. The van der Waals surface area contributed by atoms with Gasteiger partial charge in [-0.15, -0.1) is 0 Å². The molecule has 0 atom stereocenters. The molecule has 0 heterocycles. The average Bonchev–Trinajstić information content (AvgIpc) is 2.46. The van der Waals surface area contributed by atoms with Crippen molar-refractivity contribution in [1.82, 2.24) is 5.32 Å². The average molecular weight is 274 g/mol. The Balaban J connectivity index is 2.03. The van der Waals surface area contributed by atoms with Crippen molar-refractivity contribution in [2.45, 2.75) is 32.6 Å². The minimum absolute atomic E-state index is 0.0190. The highest BCUT2D eigenvalue weighted by molar-refractivity contribution is 5.95. The van der Waals surface area contributed by atoms with Gasteiger partial charge < -0.3 is 5.32 Å². The molecule has 5 heteroatoms. The zero-order valence-electron chi connectivity index (χ0n) is 11.5. The van der Waals surface area contributed by atoms with Crippen molar-refractivity contribution in [3.05, 3.63) is 51.1 Å². The van der Waals surface area contributed by atoms with Gasteiger partial charge >= 0.3 is 0 Å². The van der Waals surface area contributed by atoms with Gasteiger partial charge in [0.05, 0.1) is 4.92 Å². The molecule has 0 radical (unpaired) electrons. The number of rotatable bonds is 4. The zero-order chi connectivity index (χ0) is 14.5. The van der Waals surface area contributed by atoms with Crippen LogP contribution in [0.4, 0.5) is 5.69 Å². The molecule has 0 saturated heterocycles. The van der Waals surface area contributed by atoms with E-state index in [1.807, 2.05) is 0 Å². The Hall–Kier alpha value is -2.17. The number of hydrogen-bond donors (Lipinski definition) is 1. The van der Waals surface area contributed by atoms with Gasteiger partial charge in [-0.2, -0.15) is 0 Å². The fourth-order valence-electron chi connectivity index (χ4n) is 2.31. The van der Waals surface area contributed by atoms with Crippen molar-refractivity contribution in [3.63, 3.8) is 0 Å². The van der Waals surface area contributed by atoms with E-state index in [-0.39, 0.29) is 11.6 Å². The number of nitrogens with one attached hydrogen (secondary N) is 1. The van der Waals surface area contributed by atoms with Gasteiger partial charge in [0.15, 0.2) is 0 Å². The van der Waals surface area contributed by atoms with Gasteiger partial charge in [0.1, 0.15) is 0 Å². The minimum atomic E-state index is -0.463. The van der Waals surface area contributed by atoms with Gasteiger partial charge in [0.25, 0.3) is 11.6 Å². The van der Waals surface area contributed by atoms with Crippen LogP contribution >= 0.6 is 0 Å². The smallest absolute Gasteiger partial charge is 0.273 e. The van der Waals surface area contributed by atoms with Crippen molar-refractivity contribution in [2.24, 2.45) is 0 Å². The molecule has 1 aliphatic rings. The predicted molar refractivity (Wildman–Crippen MR) is 76.7 cm³/mol. The number of allylic oxidation sites excluding steroid dienone is 1. The Labute approximate surface area is 117 Å². The lowest BCUT2D eigenvalue weighted by atomic mass is 9.99. The van der Waals surface area contributed by atoms with Crippen molar-refractivity contribution >= 4 is 11.6 Å². The third kappa shape index (κ3) is 3.44. The van der Waals surface area contributed by atoms with Crippen molar-refractivity contribution in [2.75, 3.05) is 6.54 Å². The van der Waals surface area contributed by atoms with Crippen LogP contribution in [0, 0.1) is 17.0 Å². The number of carbonyl (C=O) groups is 1. The van der Waals surface area contributed by atoms with Crippen molar-refractivity contribution in [3.8, 4) is 0 Å². The number of nitro groups is 1. The summed E-state index contributed by atoms with van der Waals surface area (Å²) in [4.78, 5) is 22.4. The maximum absolute atomic E-state index is 12.0. The predicted octanol–water partition coefficient (Wildman–Crippen LogP) is 3.13. The molecule has 0 spiro atoms. The van der Waals surface area contributed by atoms with Crippen LogP contribution < -0.4 is 5.32 Å². The van der Waals surface area contributed by atoms with E-state index in [1.165, 1.54) is 18.1 Å². The Morgan fingerprint density at radius 2 is 2.20 bits per heavy atom. The van der Waals surface area contributed by atoms with Crippen LogP contribution in [0.25, 0.3) is 0 Å². The van der Waals surface area contributed by atoms with Crippen LogP contribution in [-0.2, 0) is 0 Å². The molecule has 0 bridgehead atoms. The van der Waals surface area contributed by atoms with Crippen LogP contribution in [0.2, 0.25) is 0 Å². The van der Waals surface area contributed by atoms with Crippen LogP contribution in [0.5, 0.6) is 0 Å². The second-order valence-electron chi connectivity index (χ2n) is 5.05. The summed E-state index contributed by atoms with van der Waals surface area (Å²) in [6.07, 6.45) is 6.64. The molecule has 106 valence electrons. The molecule has 0 aliphatic heterocycles. The standard InChI is InChI=1S/C15H18N2O3/c1-11-7-8-13(9-14(11)17(19)20)15(18)16-10-12-5-3-2-4-6-12/h5,7-9H,2-4,6,10H2,1H3,(H,16,18). The SMILES string of the molecule is Cc1ccc(C(=O)NCC2=CCCCC2)cc1[N+](=O)[O-]. The summed E-state index contributed by atoms with van der Waals surface area (Å²) in [7, 11) is 0. The molecule has 1 aromatic rings. The van der Waals surface area contributed by atoms with Crippen molar-refractivity contribution < 1.29 is 9.72 Å². The van der Waals surface area contributed by atoms with Crippen LogP contribution in [-0.4, -0.2) is 17.4 Å². The molecule has 1 N–H and O–H groups in total. The highest BCUT2D eigenvalue weighted by atomic mass is 16.6. The second kappa shape index (κ2) is 6.32. The van der Waals surface area contributed by atoms with Crippen molar-refractivity contribution in [1.29, 1.82) is 0 Å². The second-order valence-corrected chi connectivity index (χ2v) is 5.05. The lowest BCUT2D eigenvalue weighted by Gasteiger charge is -2.13. The molecule has 0 fully saturated rings. The summed E-state index contributed by atoms with van der Waals surface area (Å²) in [6, 6.07) is 4.56. The fraction of sp³-hybridized carbons (Fsp3) is 0.400. The van der Waals surface area contributed by atoms with Gasteiger partial charge in [-0.1, -0.05) is 17.7 Å². The highest BCUT2D eigenvalue weighted by Crippen LogP contribution is 2.20. The molecular weight excluding hydrogens is 256 g/mol. The van der Waals surface area contributed by atoms with E-state index in [9.17, 15) is 14.9 Å². The maximum Gasteiger partial charge on any atom is 0.273 e. The molecule has 0 aromatic heterocycles. The number of aryl methyl sites for hydroxylation is 1. The number of nitro benzene ring substituents is 1. The molecule has 20 heavy (non-hydrogen) atoms. The number of hydrogen-bond acceptors (Lipinski definition) is 3. The number of amides is 1. The van der Waals surface area contributed by atoms with Crippen LogP contribution in [0.3, 0.4) is 0 Å². The summed E-state index contributed by atoms with van der Waals surface area (Å²) >= 11 is 0. The lowest BCUT2D eigenvalue weighted by molar-refractivity contribution is -0.385. The first-order chi connectivity index (χ1) is 9.58. The van der Waals surface area contributed by atoms with E-state index >= 15 is 0 Å². The maximum atomic E-state index is 12.0. The zero-order valence-corrected chi connectivity index (χ0v) is 11.5. The third-order valence-corrected chi connectivity index (χ3v) is 3.53. The number of carbonyl (C=O) groups excluding carboxylic acids is 1. The summed E-state index contributed by atoms with van der Waals surface area (Å²) in [6.45, 7) is 2.19. The summed E-state index contributed by atoms with van der Waals surface area (Å²) in [5.74, 6) is -0.264. The first-order valence-electron chi connectivity index (χ1n) is 6.79. The molecule has 1 aromatic carbocycles. The van der Waals surface area contributed by atoms with Gasteiger partial charge in [0, 0.05) is 23.7 Å². The van der Waals surface area contributed by atoms with E-state index in [2.05, 4.69) is 11.4 Å². The summed E-state index contributed by atoms with van der Waals surface area (Å²) in [5.41, 5.74) is 2.11. The topological polar surface area (TPSA) is 72.2 Å². The fourth-order valence-corrected chi connectivity index (χ4v) is 2.31. The number of nitrogens with zero attached hydrogens (tertiary/aromatic N) is 1. The molecule has 1 aliphatic carbocycles. The van der Waals surface area contributed by atoms with E-state index < -0.39 is 4.92 Å². The molecule has 0 saturated carbocycles. The molecule has 5 nitrogen and oxygen atoms in total. The monoisotopic (exact) mass is 274 g/mol. The third-order valence-electron chi connectivity index (χ3n) is 3.53. The van der Waals surface area contributed by atoms with Crippen LogP contribution in [0.15, 0.2) is 29.8 Å². The van der Waals surface area contributed by atoms with E-state index in [0.717, 1.165) is 19.3 Å². The molecule has 2 rings (SSSR count). The van der Waals surface area contributed by atoms with Gasteiger partial charge in [0.2, 0.25) is 0 Å². The summed E-state index contributed by atoms with van der Waals surface area (Å²) < 4.78 is 0. The van der Waals surface area contributed by atoms with E-state index in [4.69, 9.17) is 0 Å². The van der Waals surface area contributed by atoms with Gasteiger partial charge in [-0.05, 0) is 38.7 Å². The quantitative estimate of drug-likeness (QED) is 0.521. The Morgan fingerprint density at radius 3 is 2.85 bits per heavy atom. The van der Waals surface area contributed by atoms with Gasteiger partial charge in [-0.3, -0.25) is 14.9 Å². The van der Waals surface area contributed by atoms with E-state index in [1.54, 1.807) is 19.1 Å². The first kappa shape index (κ1) is 14.2.